The minimum Gasteiger partial charge on any atom is -0.469 e. The lowest BCUT2D eigenvalue weighted by Gasteiger charge is -2.50. The van der Waals surface area contributed by atoms with Crippen LogP contribution in [0.4, 0.5) is 0 Å². The fourth-order valence-corrected chi connectivity index (χ4v) is 3.39. The molecule has 0 bridgehead atoms. The Morgan fingerprint density at radius 1 is 1.54 bits per heavy atom. The molecule has 0 heterocycles. The Kier molecular flexibility index (Phi) is 2.09. The molecule has 0 amide bonds. The standard InChI is InChI=1S/C11H18O2/c1-11(7-10(12)13-2)6-8-4-3-5-9(8)11/h8-9H,3-7H2,1-2H3/t8-,9-,11-/m1/s1. The largest absolute Gasteiger partial charge is 0.469 e. The topological polar surface area (TPSA) is 26.3 Å². The normalized spacial score (nSPS) is 42.3. The first-order valence-electron chi connectivity index (χ1n) is 5.22. The van der Waals surface area contributed by atoms with Crippen LogP contribution in [0, 0.1) is 17.3 Å². The van der Waals surface area contributed by atoms with Crippen LogP contribution in [0.5, 0.6) is 0 Å². The van der Waals surface area contributed by atoms with E-state index in [4.69, 9.17) is 4.74 Å². The van der Waals surface area contributed by atoms with E-state index in [1.807, 2.05) is 0 Å². The summed E-state index contributed by atoms with van der Waals surface area (Å²) in [5.74, 6) is 1.70. The SMILES string of the molecule is COC(=O)C[C@@]1(C)C[C@H]2CCC[C@H]21. The van der Waals surface area contributed by atoms with E-state index >= 15 is 0 Å². The summed E-state index contributed by atoms with van der Waals surface area (Å²) >= 11 is 0. The number of hydrogen-bond acceptors (Lipinski definition) is 2. The number of esters is 1. The van der Waals surface area contributed by atoms with Crippen LogP contribution in [0.15, 0.2) is 0 Å². The number of hydrogen-bond donors (Lipinski definition) is 0. The number of rotatable bonds is 2. The van der Waals surface area contributed by atoms with Crippen LogP contribution in [0.1, 0.15) is 39.0 Å². The van der Waals surface area contributed by atoms with E-state index in [2.05, 4.69) is 6.92 Å². The van der Waals surface area contributed by atoms with Gasteiger partial charge in [-0.1, -0.05) is 19.8 Å². The summed E-state index contributed by atoms with van der Waals surface area (Å²) in [6, 6.07) is 0. The van der Waals surface area contributed by atoms with E-state index in [0.717, 1.165) is 11.8 Å². The summed E-state index contributed by atoms with van der Waals surface area (Å²) < 4.78 is 4.73. The first-order valence-corrected chi connectivity index (χ1v) is 5.22. The Labute approximate surface area is 79.7 Å². The summed E-state index contributed by atoms with van der Waals surface area (Å²) in [4.78, 5) is 11.2. The number of fused-ring (bicyclic) bond motifs is 1. The molecule has 13 heavy (non-hydrogen) atoms. The number of carbonyl (C=O) groups excluding carboxylic acids is 1. The second kappa shape index (κ2) is 3.00. The molecule has 0 aromatic rings. The van der Waals surface area contributed by atoms with Gasteiger partial charge in [0.05, 0.1) is 13.5 Å². The van der Waals surface area contributed by atoms with Crippen molar-refractivity contribution in [2.75, 3.05) is 7.11 Å². The van der Waals surface area contributed by atoms with Crippen LogP contribution in [0.25, 0.3) is 0 Å². The lowest BCUT2D eigenvalue weighted by molar-refractivity contribution is -0.148. The molecular weight excluding hydrogens is 164 g/mol. The van der Waals surface area contributed by atoms with Crippen molar-refractivity contribution in [3.63, 3.8) is 0 Å². The Morgan fingerprint density at radius 3 is 2.92 bits per heavy atom. The summed E-state index contributed by atoms with van der Waals surface area (Å²) in [6.45, 7) is 2.25. The van der Waals surface area contributed by atoms with Crippen molar-refractivity contribution in [3.8, 4) is 0 Å². The lowest BCUT2D eigenvalue weighted by atomic mass is 9.54. The summed E-state index contributed by atoms with van der Waals surface area (Å²) in [6.07, 6.45) is 5.96. The van der Waals surface area contributed by atoms with Crippen LogP contribution in [-0.2, 0) is 9.53 Å². The van der Waals surface area contributed by atoms with Gasteiger partial charge in [0.1, 0.15) is 0 Å². The monoisotopic (exact) mass is 182 g/mol. The average molecular weight is 182 g/mol. The summed E-state index contributed by atoms with van der Waals surface area (Å²) in [5, 5.41) is 0. The van der Waals surface area contributed by atoms with Gasteiger partial charge in [-0.25, -0.2) is 0 Å². The maximum absolute atomic E-state index is 11.2. The van der Waals surface area contributed by atoms with Gasteiger partial charge in [0.25, 0.3) is 0 Å². The fraction of sp³-hybridized carbons (Fsp3) is 0.909. The highest BCUT2D eigenvalue weighted by Crippen LogP contribution is 2.60. The summed E-state index contributed by atoms with van der Waals surface area (Å²) in [7, 11) is 1.48. The molecule has 2 fully saturated rings. The zero-order chi connectivity index (χ0) is 9.47. The van der Waals surface area contributed by atoms with Gasteiger partial charge in [0.2, 0.25) is 0 Å². The molecule has 0 aromatic carbocycles. The Hall–Kier alpha value is -0.530. The van der Waals surface area contributed by atoms with Crippen LogP contribution < -0.4 is 0 Å². The molecule has 0 aromatic heterocycles. The van der Waals surface area contributed by atoms with Crippen molar-refractivity contribution in [1.82, 2.24) is 0 Å². The molecule has 0 aliphatic heterocycles. The molecule has 74 valence electrons. The van der Waals surface area contributed by atoms with Crippen molar-refractivity contribution in [2.24, 2.45) is 17.3 Å². The molecule has 0 unspecified atom stereocenters. The number of ether oxygens (including phenoxy) is 1. The maximum Gasteiger partial charge on any atom is 0.306 e. The molecule has 2 heteroatoms. The first kappa shape index (κ1) is 9.04. The molecule has 2 aliphatic rings. The maximum atomic E-state index is 11.2. The molecule has 2 nitrogen and oxygen atoms in total. The molecule has 0 N–H and O–H groups in total. The Balaban J connectivity index is 1.95. The minimum absolute atomic E-state index is 0.0344. The third-order valence-corrected chi connectivity index (χ3v) is 4.06. The Morgan fingerprint density at radius 2 is 2.31 bits per heavy atom. The molecule has 3 atom stereocenters. The quantitative estimate of drug-likeness (QED) is 0.613. The van der Waals surface area contributed by atoms with Gasteiger partial charge in [-0.05, 0) is 30.1 Å². The molecule has 2 saturated carbocycles. The van der Waals surface area contributed by atoms with Gasteiger partial charge in [-0.2, -0.15) is 0 Å². The highest BCUT2D eigenvalue weighted by Gasteiger charge is 2.52. The zero-order valence-corrected chi connectivity index (χ0v) is 8.51. The lowest BCUT2D eigenvalue weighted by Crippen LogP contribution is -2.44. The smallest absolute Gasteiger partial charge is 0.306 e. The van der Waals surface area contributed by atoms with Crippen LogP contribution >= 0.6 is 0 Å². The van der Waals surface area contributed by atoms with E-state index in [-0.39, 0.29) is 11.4 Å². The number of carbonyl (C=O) groups is 1. The van der Waals surface area contributed by atoms with Gasteiger partial charge in [0, 0.05) is 0 Å². The van der Waals surface area contributed by atoms with Gasteiger partial charge in [-0.15, -0.1) is 0 Å². The van der Waals surface area contributed by atoms with Crippen molar-refractivity contribution >= 4 is 5.97 Å². The second-order valence-corrected chi connectivity index (χ2v) is 4.91. The average Bonchev–Trinajstić information content (AvgIpc) is 2.47. The van der Waals surface area contributed by atoms with E-state index in [1.54, 1.807) is 0 Å². The molecule has 0 saturated heterocycles. The molecular formula is C11H18O2. The van der Waals surface area contributed by atoms with Crippen molar-refractivity contribution < 1.29 is 9.53 Å². The van der Waals surface area contributed by atoms with Crippen molar-refractivity contribution in [2.45, 2.75) is 39.0 Å². The highest BCUT2D eigenvalue weighted by atomic mass is 16.5. The Bertz CT molecular complexity index is 224. The van der Waals surface area contributed by atoms with E-state index in [1.165, 1.54) is 32.8 Å². The summed E-state index contributed by atoms with van der Waals surface area (Å²) in [5.41, 5.74) is 0.272. The predicted molar refractivity (Wildman–Crippen MR) is 50.2 cm³/mol. The second-order valence-electron chi connectivity index (χ2n) is 4.91. The number of methoxy groups -OCH3 is 1. The van der Waals surface area contributed by atoms with E-state index in [0.29, 0.717) is 6.42 Å². The molecule has 0 spiro atoms. The molecule has 2 rings (SSSR count). The first-order chi connectivity index (χ1) is 6.15. The fourth-order valence-electron chi connectivity index (χ4n) is 3.39. The molecule has 2 aliphatic carbocycles. The van der Waals surface area contributed by atoms with Gasteiger partial charge >= 0.3 is 5.97 Å². The van der Waals surface area contributed by atoms with E-state index < -0.39 is 0 Å². The third-order valence-electron chi connectivity index (χ3n) is 4.06. The third kappa shape index (κ3) is 1.36. The van der Waals surface area contributed by atoms with Crippen LogP contribution in [0.3, 0.4) is 0 Å². The predicted octanol–water partition coefficient (Wildman–Crippen LogP) is 2.38. The van der Waals surface area contributed by atoms with Crippen molar-refractivity contribution in [3.05, 3.63) is 0 Å². The van der Waals surface area contributed by atoms with Crippen molar-refractivity contribution in [1.29, 1.82) is 0 Å². The zero-order valence-electron chi connectivity index (χ0n) is 8.51. The van der Waals surface area contributed by atoms with E-state index in [9.17, 15) is 4.79 Å². The van der Waals surface area contributed by atoms with Gasteiger partial charge in [0.15, 0.2) is 0 Å². The van der Waals surface area contributed by atoms with Crippen LogP contribution in [-0.4, -0.2) is 13.1 Å². The van der Waals surface area contributed by atoms with Crippen LogP contribution in [0.2, 0.25) is 0 Å². The highest BCUT2D eigenvalue weighted by molar-refractivity contribution is 5.70. The minimum atomic E-state index is -0.0344. The van der Waals surface area contributed by atoms with Gasteiger partial charge < -0.3 is 4.74 Å². The molecule has 0 radical (unpaired) electrons. The van der Waals surface area contributed by atoms with Gasteiger partial charge in [-0.3, -0.25) is 4.79 Å².